The molecule has 0 bridgehead atoms. The molecule has 1 unspecified atom stereocenters. The van der Waals surface area contributed by atoms with Crippen molar-refractivity contribution in [2.45, 2.75) is 13.0 Å². The molecular formula is C12H15FO5. The first-order valence-corrected chi connectivity index (χ1v) is 5.31. The Kier molecular flexibility index (Phi) is 4.91. The van der Waals surface area contributed by atoms with Gasteiger partial charge in [0, 0.05) is 0 Å². The first kappa shape index (κ1) is 14.2. The molecule has 0 saturated carbocycles. The van der Waals surface area contributed by atoms with Crippen molar-refractivity contribution in [2.75, 3.05) is 20.8 Å². The Morgan fingerprint density at radius 3 is 2.39 bits per heavy atom. The Hall–Kier alpha value is -1.82. The highest BCUT2D eigenvalue weighted by molar-refractivity contribution is 5.77. The van der Waals surface area contributed by atoms with Crippen LogP contribution in [0.3, 0.4) is 0 Å². The number of aliphatic hydroxyl groups is 1. The largest absolute Gasteiger partial charge is 0.496 e. The summed E-state index contributed by atoms with van der Waals surface area (Å²) < 4.78 is 28.3. The third-order valence-corrected chi connectivity index (χ3v) is 2.33. The second kappa shape index (κ2) is 6.20. The summed E-state index contributed by atoms with van der Waals surface area (Å²) in [6.07, 6.45) is -1.75. The summed E-state index contributed by atoms with van der Waals surface area (Å²) in [5.74, 6) is -1.83. The molecule has 1 aromatic carbocycles. The average molecular weight is 258 g/mol. The topological polar surface area (TPSA) is 65.0 Å². The van der Waals surface area contributed by atoms with Gasteiger partial charge < -0.3 is 19.3 Å². The van der Waals surface area contributed by atoms with Crippen molar-refractivity contribution in [1.82, 2.24) is 0 Å². The minimum Gasteiger partial charge on any atom is -0.496 e. The molecule has 0 amide bonds. The first-order valence-electron chi connectivity index (χ1n) is 5.31. The molecule has 0 fully saturated rings. The van der Waals surface area contributed by atoms with E-state index in [9.17, 15) is 14.3 Å². The van der Waals surface area contributed by atoms with Crippen molar-refractivity contribution >= 4 is 5.97 Å². The molecule has 100 valence electrons. The predicted octanol–water partition coefficient (Wildman–Crippen LogP) is 1.44. The van der Waals surface area contributed by atoms with Crippen LogP contribution in [0.1, 0.15) is 18.6 Å². The lowest BCUT2D eigenvalue weighted by molar-refractivity contribution is -0.153. The number of esters is 1. The summed E-state index contributed by atoms with van der Waals surface area (Å²) in [7, 11) is 2.59. The summed E-state index contributed by atoms with van der Waals surface area (Å²) in [6, 6.07) is 2.75. The quantitative estimate of drug-likeness (QED) is 0.809. The standard InChI is InChI=1S/C12H15FO5/c1-4-18-12(15)11(14)9-7(16-2)5-6-8(17-3)10(9)13/h5-6,11,14H,4H2,1-3H3. The lowest BCUT2D eigenvalue weighted by atomic mass is 10.1. The van der Waals surface area contributed by atoms with E-state index in [4.69, 9.17) is 9.47 Å². The predicted molar refractivity (Wildman–Crippen MR) is 61.1 cm³/mol. The van der Waals surface area contributed by atoms with Gasteiger partial charge in [0.25, 0.3) is 0 Å². The minimum absolute atomic E-state index is 0.0499. The molecule has 0 aliphatic carbocycles. The lowest BCUT2D eigenvalue weighted by Gasteiger charge is -2.16. The van der Waals surface area contributed by atoms with E-state index >= 15 is 0 Å². The molecule has 5 nitrogen and oxygen atoms in total. The molecule has 6 heteroatoms. The van der Waals surface area contributed by atoms with Crippen LogP contribution in [0.25, 0.3) is 0 Å². The van der Waals surface area contributed by atoms with Gasteiger partial charge in [-0.05, 0) is 19.1 Å². The van der Waals surface area contributed by atoms with Crippen molar-refractivity contribution < 1.29 is 28.5 Å². The fraction of sp³-hybridized carbons (Fsp3) is 0.417. The Labute approximate surface area is 104 Å². The van der Waals surface area contributed by atoms with Crippen LogP contribution in [0.2, 0.25) is 0 Å². The van der Waals surface area contributed by atoms with Crippen molar-refractivity contribution in [2.24, 2.45) is 0 Å². The molecule has 0 radical (unpaired) electrons. The van der Waals surface area contributed by atoms with E-state index in [1.165, 1.54) is 26.4 Å². The molecule has 1 N–H and O–H groups in total. The summed E-state index contributed by atoms with van der Waals surface area (Å²) in [6.45, 7) is 1.67. The second-order valence-corrected chi connectivity index (χ2v) is 3.35. The van der Waals surface area contributed by atoms with Crippen molar-refractivity contribution in [1.29, 1.82) is 0 Å². The first-order chi connectivity index (χ1) is 8.56. The number of benzene rings is 1. The molecule has 1 aromatic rings. The lowest BCUT2D eigenvalue weighted by Crippen LogP contribution is -2.18. The van der Waals surface area contributed by atoms with Gasteiger partial charge in [-0.2, -0.15) is 0 Å². The van der Waals surface area contributed by atoms with Crippen LogP contribution < -0.4 is 9.47 Å². The van der Waals surface area contributed by atoms with Crippen molar-refractivity contribution in [3.8, 4) is 11.5 Å². The number of ether oxygens (including phenoxy) is 3. The number of carbonyl (C=O) groups is 1. The zero-order chi connectivity index (χ0) is 13.7. The van der Waals surface area contributed by atoms with Crippen molar-refractivity contribution in [3.63, 3.8) is 0 Å². The molecule has 18 heavy (non-hydrogen) atoms. The van der Waals surface area contributed by atoms with Crippen LogP contribution in [0.15, 0.2) is 12.1 Å². The molecule has 0 aliphatic rings. The van der Waals surface area contributed by atoms with Gasteiger partial charge >= 0.3 is 5.97 Å². The van der Waals surface area contributed by atoms with Gasteiger partial charge in [-0.1, -0.05) is 0 Å². The summed E-state index contributed by atoms with van der Waals surface area (Å²) in [5.41, 5.74) is -0.296. The van der Waals surface area contributed by atoms with E-state index < -0.39 is 17.9 Å². The highest BCUT2D eigenvalue weighted by Crippen LogP contribution is 2.34. The number of rotatable bonds is 5. The monoisotopic (exact) mass is 258 g/mol. The highest BCUT2D eigenvalue weighted by Gasteiger charge is 2.28. The van der Waals surface area contributed by atoms with Crippen LogP contribution >= 0.6 is 0 Å². The number of methoxy groups -OCH3 is 2. The van der Waals surface area contributed by atoms with Gasteiger partial charge in [0.2, 0.25) is 0 Å². The van der Waals surface area contributed by atoms with E-state index in [1.807, 2.05) is 0 Å². The van der Waals surface area contributed by atoms with E-state index in [1.54, 1.807) is 6.92 Å². The molecular weight excluding hydrogens is 243 g/mol. The maximum Gasteiger partial charge on any atom is 0.339 e. The summed E-state index contributed by atoms with van der Waals surface area (Å²) in [4.78, 5) is 11.4. The smallest absolute Gasteiger partial charge is 0.339 e. The van der Waals surface area contributed by atoms with Gasteiger partial charge in [-0.25, -0.2) is 9.18 Å². The van der Waals surface area contributed by atoms with Gasteiger partial charge in [0.1, 0.15) is 5.75 Å². The Morgan fingerprint density at radius 1 is 1.33 bits per heavy atom. The second-order valence-electron chi connectivity index (χ2n) is 3.35. The number of halogens is 1. The highest BCUT2D eigenvalue weighted by atomic mass is 19.1. The zero-order valence-corrected chi connectivity index (χ0v) is 10.4. The number of hydrogen-bond donors (Lipinski definition) is 1. The van der Waals surface area contributed by atoms with Crippen molar-refractivity contribution in [3.05, 3.63) is 23.5 Å². The Bertz CT molecular complexity index is 433. The van der Waals surface area contributed by atoms with Gasteiger partial charge in [-0.3, -0.25) is 0 Å². The van der Waals surface area contributed by atoms with Crippen LogP contribution in [0.4, 0.5) is 4.39 Å². The summed E-state index contributed by atoms with van der Waals surface area (Å²) >= 11 is 0. The van der Waals surface area contributed by atoms with E-state index in [0.717, 1.165) is 0 Å². The Balaban J connectivity index is 3.23. The third-order valence-electron chi connectivity index (χ3n) is 2.33. The summed E-state index contributed by atoms with van der Waals surface area (Å²) in [5, 5.41) is 9.78. The molecule has 1 atom stereocenters. The molecule has 1 rings (SSSR count). The fourth-order valence-corrected chi connectivity index (χ4v) is 1.48. The Morgan fingerprint density at radius 2 is 1.89 bits per heavy atom. The maximum atomic E-state index is 14.0. The van der Waals surface area contributed by atoms with E-state index in [0.29, 0.717) is 0 Å². The number of carbonyl (C=O) groups excluding carboxylic acids is 1. The average Bonchev–Trinajstić information content (AvgIpc) is 2.37. The molecule has 0 heterocycles. The third kappa shape index (κ3) is 2.70. The van der Waals surface area contributed by atoms with Gasteiger partial charge in [-0.15, -0.1) is 0 Å². The van der Waals surface area contributed by atoms with Crippen LogP contribution in [0, 0.1) is 5.82 Å². The minimum atomic E-state index is -1.75. The van der Waals surface area contributed by atoms with Gasteiger partial charge in [0.05, 0.1) is 26.4 Å². The maximum absolute atomic E-state index is 14.0. The molecule has 0 aliphatic heterocycles. The van der Waals surface area contributed by atoms with E-state index in [2.05, 4.69) is 4.74 Å². The SMILES string of the molecule is CCOC(=O)C(O)c1c(OC)ccc(OC)c1F. The van der Waals surface area contributed by atoms with E-state index in [-0.39, 0.29) is 23.7 Å². The molecule has 0 saturated heterocycles. The molecule has 0 aromatic heterocycles. The fourth-order valence-electron chi connectivity index (χ4n) is 1.48. The zero-order valence-electron chi connectivity index (χ0n) is 10.4. The number of hydrogen-bond acceptors (Lipinski definition) is 5. The number of aliphatic hydroxyl groups excluding tert-OH is 1. The van der Waals surface area contributed by atoms with Gasteiger partial charge in [0.15, 0.2) is 17.7 Å². The normalized spacial score (nSPS) is 11.8. The molecule has 0 spiro atoms. The van der Waals surface area contributed by atoms with Crippen LogP contribution in [-0.2, 0) is 9.53 Å². The van der Waals surface area contributed by atoms with Crippen LogP contribution in [0.5, 0.6) is 11.5 Å². The van der Waals surface area contributed by atoms with Crippen LogP contribution in [-0.4, -0.2) is 31.9 Å².